The van der Waals surface area contributed by atoms with E-state index in [4.69, 9.17) is 20.8 Å². The van der Waals surface area contributed by atoms with Crippen LogP contribution >= 0.6 is 11.6 Å². The number of esters is 1. The summed E-state index contributed by atoms with van der Waals surface area (Å²) in [6.45, 7) is 2.83. The topological polar surface area (TPSA) is 56.5 Å². The average Bonchev–Trinajstić information content (AvgIpc) is 2.49. The minimum absolute atomic E-state index is 0.0105. The SMILES string of the molecule is CC(=O)Oc1ccc2c(=O)c(-c3c(F)cccc3Cl)c(C)oc2c1. The Balaban J connectivity index is 2.29. The van der Waals surface area contributed by atoms with Crippen LogP contribution in [0.2, 0.25) is 5.02 Å². The van der Waals surface area contributed by atoms with Crippen LogP contribution in [0.1, 0.15) is 12.7 Å². The molecule has 6 heteroatoms. The zero-order valence-electron chi connectivity index (χ0n) is 12.9. The van der Waals surface area contributed by atoms with Gasteiger partial charge in [0.2, 0.25) is 5.43 Å². The maximum atomic E-state index is 14.2. The highest BCUT2D eigenvalue weighted by Gasteiger charge is 2.19. The van der Waals surface area contributed by atoms with E-state index in [1.807, 2.05) is 0 Å². The van der Waals surface area contributed by atoms with E-state index in [0.29, 0.717) is 0 Å². The quantitative estimate of drug-likeness (QED) is 0.507. The molecular weight excluding hydrogens is 335 g/mol. The number of carbonyl (C=O) groups excluding carboxylic acids is 1. The van der Waals surface area contributed by atoms with Crippen molar-refractivity contribution in [1.29, 1.82) is 0 Å². The van der Waals surface area contributed by atoms with E-state index in [-0.39, 0.29) is 38.6 Å². The van der Waals surface area contributed by atoms with Crippen molar-refractivity contribution >= 4 is 28.5 Å². The number of hydrogen-bond acceptors (Lipinski definition) is 4. The summed E-state index contributed by atoms with van der Waals surface area (Å²) < 4.78 is 24.8. The van der Waals surface area contributed by atoms with Gasteiger partial charge >= 0.3 is 5.97 Å². The van der Waals surface area contributed by atoms with Gasteiger partial charge < -0.3 is 9.15 Å². The van der Waals surface area contributed by atoms with Gasteiger partial charge in [-0.15, -0.1) is 0 Å². The van der Waals surface area contributed by atoms with Crippen LogP contribution in [0.4, 0.5) is 4.39 Å². The molecule has 4 nitrogen and oxygen atoms in total. The second kappa shape index (κ2) is 6.09. The van der Waals surface area contributed by atoms with Crippen LogP contribution in [-0.2, 0) is 4.79 Å². The number of hydrogen-bond donors (Lipinski definition) is 0. The molecule has 0 bridgehead atoms. The zero-order valence-corrected chi connectivity index (χ0v) is 13.6. The zero-order chi connectivity index (χ0) is 17.4. The first-order chi connectivity index (χ1) is 11.4. The van der Waals surface area contributed by atoms with Gasteiger partial charge in [-0.05, 0) is 31.2 Å². The van der Waals surface area contributed by atoms with Crippen LogP contribution in [0.25, 0.3) is 22.1 Å². The first kappa shape index (κ1) is 16.2. The normalized spacial score (nSPS) is 10.8. The summed E-state index contributed by atoms with van der Waals surface area (Å²) in [6, 6.07) is 8.59. The van der Waals surface area contributed by atoms with E-state index in [2.05, 4.69) is 0 Å². The van der Waals surface area contributed by atoms with Gasteiger partial charge in [0.15, 0.2) is 0 Å². The predicted molar refractivity (Wildman–Crippen MR) is 88.9 cm³/mol. The van der Waals surface area contributed by atoms with Gasteiger partial charge in [0, 0.05) is 18.6 Å². The lowest BCUT2D eigenvalue weighted by Crippen LogP contribution is -2.09. The molecule has 0 unspecified atom stereocenters. The standard InChI is InChI=1S/C18H12ClFO4/c1-9-16(17-13(19)4-3-5-14(17)20)18(22)12-7-6-11(24-10(2)21)8-15(12)23-9/h3-8H,1-2H3. The molecule has 122 valence electrons. The Morgan fingerprint density at radius 1 is 1.21 bits per heavy atom. The lowest BCUT2D eigenvalue weighted by molar-refractivity contribution is -0.131. The van der Waals surface area contributed by atoms with Crippen molar-refractivity contribution in [2.24, 2.45) is 0 Å². The molecule has 0 aliphatic carbocycles. The summed E-state index contributed by atoms with van der Waals surface area (Å²) >= 11 is 6.06. The highest BCUT2D eigenvalue weighted by Crippen LogP contribution is 2.32. The van der Waals surface area contributed by atoms with Crippen LogP contribution in [0.5, 0.6) is 5.75 Å². The Kier molecular flexibility index (Phi) is 4.11. The van der Waals surface area contributed by atoms with Crippen molar-refractivity contribution in [3.05, 3.63) is 63.2 Å². The van der Waals surface area contributed by atoms with Crippen LogP contribution in [0.15, 0.2) is 45.6 Å². The van der Waals surface area contributed by atoms with Crippen molar-refractivity contribution < 1.29 is 18.3 Å². The van der Waals surface area contributed by atoms with Gasteiger partial charge in [0.1, 0.15) is 22.9 Å². The van der Waals surface area contributed by atoms with Crippen molar-refractivity contribution in [2.45, 2.75) is 13.8 Å². The highest BCUT2D eigenvalue weighted by molar-refractivity contribution is 6.33. The molecule has 0 saturated heterocycles. The van der Waals surface area contributed by atoms with Crippen LogP contribution in [0.3, 0.4) is 0 Å². The Labute approximate surface area is 141 Å². The molecule has 1 aromatic heterocycles. The maximum Gasteiger partial charge on any atom is 0.308 e. The monoisotopic (exact) mass is 346 g/mol. The smallest absolute Gasteiger partial charge is 0.308 e. The largest absolute Gasteiger partial charge is 0.460 e. The van der Waals surface area contributed by atoms with Crippen molar-refractivity contribution in [1.82, 2.24) is 0 Å². The first-order valence-corrected chi connectivity index (χ1v) is 7.46. The summed E-state index contributed by atoms with van der Waals surface area (Å²) in [6.07, 6.45) is 0. The number of aryl methyl sites for hydroxylation is 1. The maximum absolute atomic E-state index is 14.2. The molecule has 0 atom stereocenters. The van der Waals surface area contributed by atoms with E-state index >= 15 is 0 Å². The van der Waals surface area contributed by atoms with Crippen LogP contribution < -0.4 is 10.2 Å². The second-order valence-electron chi connectivity index (χ2n) is 5.21. The summed E-state index contributed by atoms with van der Waals surface area (Å²) in [5.74, 6) is -0.606. The molecule has 1 heterocycles. The highest BCUT2D eigenvalue weighted by atomic mass is 35.5. The molecular formula is C18H12ClFO4. The molecule has 0 spiro atoms. The molecule has 3 rings (SSSR count). The van der Waals surface area contributed by atoms with E-state index in [1.165, 1.54) is 43.3 Å². The summed E-state index contributed by atoms with van der Waals surface area (Å²) in [4.78, 5) is 23.8. The molecule has 3 aromatic rings. The fraction of sp³-hybridized carbons (Fsp3) is 0.111. The van der Waals surface area contributed by atoms with E-state index < -0.39 is 17.2 Å². The lowest BCUT2D eigenvalue weighted by Gasteiger charge is -2.10. The van der Waals surface area contributed by atoms with Gasteiger partial charge in [0.25, 0.3) is 0 Å². The summed E-state index contributed by atoms with van der Waals surface area (Å²) in [5.41, 5.74) is -0.0789. The number of benzene rings is 2. The lowest BCUT2D eigenvalue weighted by atomic mass is 10.0. The third-order valence-electron chi connectivity index (χ3n) is 3.51. The molecule has 0 saturated carbocycles. The first-order valence-electron chi connectivity index (χ1n) is 7.08. The molecule has 0 aliphatic rings. The predicted octanol–water partition coefficient (Wildman–Crippen LogP) is 4.49. The Morgan fingerprint density at radius 3 is 2.62 bits per heavy atom. The van der Waals surface area contributed by atoms with Crippen LogP contribution in [0, 0.1) is 12.7 Å². The van der Waals surface area contributed by atoms with Crippen molar-refractivity contribution in [2.75, 3.05) is 0 Å². The molecule has 2 aromatic carbocycles. The molecule has 0 aliphatic heterocycles. The molecule has 24 heavy (non-hydrogen) atoms. The van der Waals surface area contributed by atoms with Gasteiger partial charge in [-0.2, -0.15) is 0 Å². The van der Waals surface area contributed by atoms with Gasteiger partial charge in [0.05, 0.1) is 16.0 Å². The number of rotatable bonds is 2. The molecule has 0 amide bonds. The number of carbonyl (C=O) groups is 1. The number of halogens is 2. The Morgan fingerprint density at radius 2 is 1.96 bits per heavy atom. The van der Waals surface area contributed by atoms with Gasteiger partial charge in [-0.1, -0.05) is 17.7 Å². The fourth-order valence-corrected chi connectivity index (χ4v) is 2.80. The number of fused-ring (bicyclic) bond motifs is 1. The average molecular weight is 347 g/mol. The summed E-state index contributed by atoms with van der Waals surface area (Å²) in [5, 5.41) is 0.368. The third-order valence-corrected chi connectivity index (χ3v) is 3.83. The van der Waals surface area contributed by atoms with Gasteiger partial charge in [-0.3, -0.25) is 9.59 Å². The van der Waals surface area contributed by atoms with Gasteiger partial charge in [-0.25, -0.2) is 4.39 Å². The third kappa shape index (κ3) is 2.78. The van der Waals surface area contributed by atoms with E-state index in [9.17, 15) is 14.0 Å². The minimum atomic E-state index is -0.603. The second-order valence-corrected chi connectivity index (χ2v) is 5.62. The van der Waals surface area contributed by atoms with E-state index in [1.54, 1.807) is 6.92 Å². The molecule has 0 radical (unpaired) electrons. The van der Waals surface area contributed by atoms with Crippen molar-refractivity contribution in [3.8, 4) is 16.9 Å². The van der Waals surface area contributed by atoms with E-state index in [0.717, 1.165) is 0 Å². The Bertz CT molecular complexity index is 1000. The fourth-order valence-electron chi connectivity index (χ4n) is 2.54. The van der Waals surface area contributed by atoms with Crippen LogP contribution in [-0.4, -0.2) is 5.97 Å². The minimum Gasteiger partial charge on any atom is -0.460 e. The van der Waals surface area contributed by atoms with Crippen molar-refractivity contribution in [3.63, 3.8) is 0 Å². The molecule has 0 N–H and O–H groups in total. The number of ether oxygens (including phenoxy) is 1. The molecule has 0 fully saturated rings. The Hall–Kier alpha value is -2.66. The summed E-state index contributed by atoms with van der Waals surface area (Å²) in [7, 11) is 0.